The van der Waals surface area contributed by atoms with Crippen molar-refractivity contribution < 1.29 is 4.79 Å². The van der Waals surface area contributed by atoms with Gasteiger partial charge in [0.15, 0.2) is 5.69 Å². The summed E-state index contributed by atoms with van der Waals surface area (Å²) in [6, 6.07) is 3.41. The second-order valence-corrected chi connectivity index (χ2v) is 4.60. The van der Waals surface area contributed by atoms with E-state index in [1.54, 1.807) is 18.3 Å². The van der Waals surface area contributed by atoms with Crippen LogP contribution in [0.15, 0.2) is 18.3 Å². The van der Waals surface area contributed by atoms with E-state index < -0.39 is 0 Å². The van der Waals surface area contributed by atoms with Crippen molar-refractivity contribution in [3.8, 4) is 0 Å². The quantitative estimate of drug-likeness (QED) is 0.759. The lowest BCUT2D eigenvalue weighted by Gasteiger charge is -2.14. The number of carbonyl (C=O) groups is 1. The number of amides is 1. The molecule has 0 saturated carbocycles. The maximum Gasteiger partial charge on any atom is 0.272 e. The molecule has 1 saturated heterocycles. The lowest BCUT2D eigenvalue weighted by molar-refractivity contribution is 0.0948. The van der Waals surface area contributed by atoms with E-state index in [0.29, 0.717) is 17.9 Å². The number of aromatic nitrogens is 1. The van der Waals surface area contributed by atoms with Crippen LogP contribution in [0.1, 0.15) is 29.8 Å². The average Bonchev–Trinajstić information content (AvgIpc) is 2.88. The predicted octanol–water partition coefficient (Wildman–Crippen LogP) is 0.879. The molecule has 0 aliphatic carbocycles. The SMILES string of the molecule is Nc1cccnc1C(=O)NCCCN1CCCC1. The van der Waals surface area contributed by atoms with Crippen molar-refractivity contribution >= 4 is 11.6 Å². The van der Waals surface area contributed by atoms with Crippen LogP contribution < -0.4 is 11.1 Å². The molecule has 2 heterocycles. The maximum atomic E-state index is 11.8. The van der Waals surface area contributed by atoms with Gasteiger partial charge in [0.1, 0.15) is 0 Å². The van der Waals surface area contributed by atoms with E-state index in [1.165, 1.54) is 25.9 Å². The highest BCUT2D eigenvalue weighted by molar-refractivity contribution is 5.96. The fraction of sp³-hybridized carbons (Fsp3) is 0.538. The molecule has 0 spiro atoms. The summed E-state index contributed by atoms with van der Waals surface area (Å²) in [5.41, 5.74) is 6.44. The van der Waals surface area contributed by atoms with Gasteiger partial charge in [-0.1, -0.05) is 0 Å². The lowest BCUT2D eigenvalue weighted by atomic mass is 10.3. The summed E-state index contributed by atoms with van der Waals surface area (Å²) in [6.07, 6.45) is 5.15. The van der Waals surface area contributed by atoms with Crippen molar-refractivity contribution in [2.24, 2.45) is 0 Å². The Hall–Kier alpha value is -1.62. The molecule has 0 atom stereocenters. The van der Waals surface area contributed by atoms with E-state index in [9.17, 15) is 4.79 Å². The van der Waals surface area contributed by atoms with Gasteiger partial charge in [-0.3, -0.25) is 4.79 Å². The normalized spacial score (nSPS) is 15.8. The molecule has 1 aromatic heterocycles. The van der Waals surface area contributed by atoms with E-state index in [2.05, 4.69) is 15.2 Å². The summed E-state index contributed by atoms with van der Waals surface area (Å²) in [4.78, 5) is 18.2. The Kier molecular flexibility index (Phi) is 4.52. The largest absolute Gasteiger partial charge is 0.397 e. The fourth-order valence-corrected chi connectivity index (χ4v) is 2.20. The molecule has 1 amide bonds. The molecule has 1 aromatic rings. The number of hydrogen-bond donors (Lipinski definition) is 2. The van der Waals surface area contributed by atoms with Crippen molar-refractivity contribution in [2.45, 2.75) is 19.3 Å². The van der Waals surface area contributed by atoms with Gasteiger partial charge in [-0.15, -0.1) is 0 Å². The third-order valence-electron chi connectivity index (χ3n) is 3.19. The number of carbonyl (C=O) groups excluding carboxylic acids is 1. The molecular formula is C13H20N4O. The molecule has 5 heteroatoms. The van der Waals surface area contributed by atoms with Gasteiger partial charge in [0, 0.05) is 12.7 Å². The first kappa shape index (κ1) is 12.8. The second-order valence-electron chi connectivity index (χ2n) is 4.60. The van der Waals surface area contributed by atoms with E-state index in [4.69, 9.17) is 5.73 Å². The number of nitrogen functional groups attached to an aromatic ring is 1. The Bertz CT molecular complexity index is 402. The van der Waals surface area contributed by atoms with E-state index in [0.717, 1.165) is 13.0 Å². The van der Waals surface area contributed by atoms with Gasteiger partial charge in [0.2, 0.25) is 0 Å². The molecule has 0 bridgehead atoms. The van der Waals surface area contributed by atoms with Gasteiger partial charge in [-0.25, -0.2) is 4.98 Å². The van der Waals surface area contributed by atoms with E-state index in [-0.39, 0.29) is 5.91 Å². The molecule has 1 aliphatic rings. The molecule has 0 radical (unpaired) electrons. The van der Waals surface area contributed by atoms with Gasteiger partial charge in [-0.05, 0) is 51.0 Å². The standard InChI is InChI=1S/C13H20N4O/c14-11-5-3-6-15-12(11)13(18)16-7-4-10-17-8-1-2-9-17/h3,5-6H,1-2,4,7-10,14H2,(H,16,18). The zero-order valence-electron chi connectivity index (χ0n) is 10.6. The Morgan fingerprint density at radius 2 is 2.22 bits per heavy atom. The minimum atomic E-state index is -0.186. The first-order valence-electron chi connectivity index (χ1n) is 6.48. The van der Waals surface area contributed by atoms with Crippen LogP contribution in [-0.2, 0) is 0 Å². The van der Waals surface area contributed by atoms with Crippen LogP contribution in [0, 0.1) is 0 Å². The number of pyridine rings is 1. The average molecular weight is 248 g/mol. The minimum absolute atomic E-state index is 0.186. The van der Waals surface area contributed by atoms with Crippen LogP contribution in [0.3, 0.4) is 0 Å². The fourth-order valence-electron chi connectivity index (χ4n) is 2.20. The Balaban J connectivity index is 1.70. The minimum Gasteiger partial charge on any atom is -0.397 e. The topological polar surface area (TPSA) is 71.2 Å². The number of nitrogens with two attached hydrogens (primary N) is 1. The predicted molar refractivity (Wildman–Crippen MR) is 71.3 cm³/mol. The summed E-state index contributed by atoms with van der Waals surface area (Å²) in [5.74, 6) is -0.186. The van der Waals surface area contributed by atoms with Gasteiger partial charge >= 0.3 is 0 Å². The van der Waals surface area contributed by atoms with Crippen molar-refractivity contribution in [1.29, 1.82) is 0 Å². The van der Waals surface area contributed by atoms with Crippen LogP contribution in [0.4, 0.5) is 5.69 Å². The highest BCUT2D eigenvalue weighted by atomic mass is 16.1. The Labute approximate surface area is 107 Å². The molecule has 1 aliphatic heterocycles. The molecular weight excluding hydrogens is 228 g/mol. The van der Waals surface area contributed by atoms with E-state index in [1.807, 2.05) is 0 Å². The Morgan fingerprint density at radius 1 is 1.44 bits per heavy atom. The van der Waals surface area contributed by atoms with Crippen LogP contribution in [0.2, 0.25) is 0 Å². The molecule has 1 fully saturated rings. The van der Waals surface area contributed by atoms with Crippen molar-refractivity contribution in [2.75, 3.05) is 31.9 Å². The number of hydrogen-bond acceptors (Lipinski definition) is 4. The van der Waals surface area contributed by atoms with Crippen molar-refractivity contribution in [3.05, 3.63) is 24.0 Å². The third-order valence-corrected chi connectivity index (χ3v) is 3.19. The zero-order valence-corrected chi connectivity index (χ0v) is 10.6. The molecule has 18 heavy (non-hydrogen) atoms. The highest BCUT2D eigenvalue weighted by Gasteiger charge is 2.12. The number of likely N-dealkylation sites (tertiary alicyclic amines) is 1. The summed E-state index contributed by atoms with van der Waals surface area (Å²) < 4.78 is 0. The van der Waals surface area contributed by atoms with E-state index >= 15 is 0 Å². The van der Waals surface area contributed by atoms with Crippen molar-refractivity contribution in [3.63, 3.8) is 0 Å². The van der Waals surface area contributed by atoms with Crippen LogP contribution in [0.25, 0.3) is 0 Å². The number of anilines is 1. The summed E-state index contributed by atoms with van der Waals surface area (Å²) in [6.45, 7) is 4.12. The van der Waals surface area contributed by atoms with Gasteiger partial charge in [0.05, 0.1) is 5.69 Å². The number of rotatable bonds is 5. The summed E-state index contributed by atoms with van der Waals surface area (Å²) in [5, 5.41) is 2.86. The second kappa shape index (κ2) is 6.35. The lowest BCUT2D eigenvalue weighted by Crippen LogP contribution is -2.29. The molecule has 5 nitrogen and oxygen atoms in total. The maximum absolute atomic E-state index is 11.8. The summed E-state index contributed by atoms with van der Waals surface area (Å²) in [7, 11) is 0. The third kappa shape index (κ3) is 3.43. The smallest absolute Gasteiger partial charge is 0.272 e. The van der Waals surface area contributed by atoms with Gasteiger partial charge in [-0.2, -0.15) is 0 Å². The molecule has 0 unspecified atom stereocenters. The van der Waals surface area contributed by atoms with Crippen LogP contribution in [0.5, 0.6) is 0 Å². The zero-order chi connectivity index (χ0) is 12.8. The summed E-state index contributed by atoms with van der Waals surface area (Å²) >= 11 is 0. The molecule has 2 rings (SSSR count). The molecule has 3 N–H and O–H groups in total. The molecule has 0 aromatic carbocycles. The highest BCUT2D eigenvalue weighted by Crippen LogP contribution is 2.08. The van der Waals surface area contributed by atoms with Crippen LogP contribution >= 0.6 is 0 Å². The number of nitrogens with zero attached hydrogens (tertiary/aromatic N) is 2. The Morgan fingerprint density at radius 3 is 2.94 bits per heavy atom. The van der Waals surface area contributed by atoms with Crippen molar-refractivity contribution in [1.82, 2.24) is 15.2 Å². The van der Waals surface area contributed by atoms with Gasteiger partial charge < -0.3 is 16.0 Å². The monoisotopic (exact) mass is 248 g/mol. The number of nitrogens with one attached hydrogen (secondary N) is 1. The molecule has 98 valence electrons. The first-order valence-corrected chi connectivity index (χ1v) is 6.48. The van der Waals surface area contributed by atoms with Gasteiger partial charge in [0.25, 0.3) is 5.91 Å². The van der Waals surface area contributed by atoms with Crippen LogP contribution in [-0.4, -0.2) is 42.0 Å². The first-order chi connectivity index (χ1) is 8.77.